The summed E-state index contributed by atoms with van der Waals surface area (Å²) in [7, 11) is 0. The summed E-state index contributed by atoms with van der Waals surface area (Å²) in [5, 5.41) is 3.88. The van der Waals surface area contributed by atoms with Crippen molar-refractivity contribution in [3.05, 3.63) is 96.4 Å². The molecule has 1 aliphatic heterocycles. The Morgan fingerprint density at radius 1 is 1.00 bits per heavy atom. The Labute approximate surface area is 191 Å². The molecule has 1 aliphatic rings. The van der Waals surface area contributed by atoms with Gasteiger partial charge in [-0.05, 0) is 61.9 Å². The first-order valence-corrected chi connectivity index (χ1v) is 10.6. The van der Waals surface area contributed by atoms with Crippen molar-refractivity contribution in [2.24, 2.45) is 0 Å². The van der Waals surface area contributed by atoms with Crippen molar-refractivity contribution in [2.75, 3.05) is 10.2 Å². The van der Waals surface area contributed by atoms with Crippen LogP contribution in [0.1, 0.15) is 35.8 Å². The number of carbonyl (C=O) groups excluding carboxylic acids is 2. The fourth-order valence-electron chi connectivity index (χ4n) is 4.26. The number of ether oxygens (including phenoxy) is 1. The standard InChI is InChI=1S/C26H22N4O3/c1-26(2)23(19-8-4-14-27-16-19)30(25(32)33-26)20-12-10-18(11-13-20)24(31)29-21-9-3-6-17-7-5-15-28-22(17)21/h3-16,23H,1-2H3,(H,29,31). The monoisotopic (exact) mass is 438 g/mol. The van der Waals surface area contributed by atoms with Gasteiger partial charge in [-0.15, -0.1) is 0 Å². The van der Waals surface area contributed by atoms with E-state index in [0.29, 0.717) is 16.9 Å². The summed E-state index contributed by atoms with van der Waals surface area (Å²) < 4.78 is 5.65. The van der Waals surface area contributed by atoms with E-state index in [2.05, 4.69) is 15.3 Å². The number of rotatable bonds is 4. The van der Waals surface area contributed by atoms with Crippen molar-refractivity contribution in [3.63, 3.8) is 0 Å². The van der Waals surface area contributed by atoms with Crippen LogP contribution in [0.4, 0.5) is 16.2 Å². The average molecular weight is 438 g/mol. The van der Waals surface area contributed by atoms with Crippen molar-refractivity contribution >= 4 is 34.3 Å². The second-order valence-electron chi connectivity index (χ2n) is 8.41. The first-order chi connectivity index (χ1) is 15.9. The number of hydrogen-bond donors (Lipinski definition) is 1. The maximum atomic E-state index is 12.9. The number of amides is 2. The molecule has 7 nitrogen and oxygen atoms in total. The molecule has 2 aromatic heterocycles. The molecule has 2 aromatic carbocycles. The summed E-state index contributed by atoms with van der Waals surface area (Å²) >= 11 is 0. The van der Waals surface area contributed by atoms with Crippen LogP contribution in [0.5, 0.6) is 0 Å². The Kier molecular flexibility index (Phi) is 5.01. The Bertz CT molecular complexity index is 1330. The Morgan fingerprint density at radius 2 is 1.76 bits per heavy atom. The van der Waals surface area contributed by atoms with E-state index >= 15 is 0 Å². The average Bonchev–Trinajstić information content (AvgIpc) is 3.08. The molecule has 3 heterocycles. The van der Waals surface area contributed by atoms with Crippen LogP contribution in [-0.4, -0.2) is 27.6 Å². The molecule has 1 N–H and O–H groups in total. The number of aromatic nitrogens is 2. The lowest BCUT2D eigenvalue weighted by Gasteiger charge is -2.29. The smallest absolute Gasteiger partial charge is 0.415 e. The first kappa shape index (κ1) is 20.6. The first-order valence-electron chi connectivity index (χ1n) is 10.6. The van der Waals surface area contributed by atoms with Gasteiger partial charge >= 0.3 is 6.09 Å². The number of hydrogen-bond acceptors (Lipinski definition) is 5. The van der Waals surface area contributed by atoms with Gasteiger partial charge in [0.15, 0.2) is 0 Å². The van der Waals surface area contributed by atoms with E-state index in [0.717, 1.165) is 16.5 Å². The molecule has 2 amide bonds. The zero-order valence-electron chi connectivity index (χ0n) is 18.2. The second-order valence-corrected chi connectivity index (χ2v) is 8.41. The minimum absolute atomic E-state index is 0.257. The molecule has 7 heteroatoms. The van der Waals surface area contributed by atoms with Gasteiger partial charge in [-0.1, -0.05) is 24.3 Å². The van der Waals surface area contributed by atoms with Crippen LogP contribution in [0.2, 0.25) is 0 Å². The normalized spacial score (nSPS) is 17.1. The lowest BCUT2D eigenvalue weighted by atomic mass is 9.92. The maximum absolute atomic E-state index is 12.9. The highest BCUT2D eigenvalue weighted by molar-refractivity contribution is 6.08. The predicted molar refractivity (Wildman–Crippen MR) is 126 cm³/mol. The van der Waals surface area contributed by atoms with Gasteiger partial charge in [0.2, 0.25) is 0 Å². The van der Waals surface area contributed by atoms with Crippen molar-refractivity contribution in [1.82, 2.24) is 9.97 Å². The molecule has 0 radical (unpaired) electrons. The molecule has 4 aromatic rings. The van der Waals surface area contributed by atoms with E-state index in [1.165, 1.54) is 0 Å². The summed E-state index contributed by atoms with van der Waals surface area (Å²) in [4.78, 5) is 35.8. The molecule has 1 atom stereocenters. The van der Waals surface area contributed by atoms with Gasteiger partial charge in [0.25, 0.3) is 5.91 Å². The number of para-hydroxylation sites is 1. The Morgan fingerprint density at radius 3 is 2.52 bits per heavy atom. The lowest BCUT2D eigenvalue weighted by Crippen LogP contribution is -2.33. The quantitative estimate of drug-likeness (QED) is 0.464. The van der Waals surface area contributed by atoms with Gasteiger partial charge in [0.1, 0.15) is 11.6 Å². The molecule has 0 aliphatic carbocycles. The number of pyridine rings is 2. The number of nitrogens with one attached hydrogen (secondary N) is 1. The predicted octanol–water partition coefficient (Wildman–Crippen LogP) is 5.36. The lowest BCUT2D eigenvalue weighted by molar-refractivity contribution is 0.0684. The molecule has 0 saturated carbocycles. The Hall–Kier alpha value is -4.26. The van der Waals surface area contributed by atoms with E-state index in [-0.39, 0.29) is 11.9 Å². The van der Waals surface area contributed by atoms with Gasteiger partial charge in [-0.2, -0.15) is 0 Å². The van der Waals surface area contributed by atoms with Crippen LogP contribution in [0.3, 0.4) is 0 Å². The zero-order chi connectivity index (χ0) is 23.0. The van der Waals surface area contributed by atoms with Crippen molar-refractivity contribution in [2.45, 2.75) is 25.5 Å². The third kappa shape index (κ3) is 3.78. The van der Waals surface area contributed by atoms with Crippen molar-refractivity contribution < 1.29 is 14.3 Å². The van der Waals surface area contributed by atoms with Crippen LogP contribution >= 0.6 is 0 Å². The zero-order valence-corrected chi connectivity index (χ0v) is 18.2. The van der Waals surface area contributed by atoms with Crippen molar-refractivity contribution in [3.8, 4) is 0 Å². The van der Waals surface area contributed by atoms with Crippen LogP contribution in [-0.2, 0) is 4.74 Å². The number of fused-ring (bicyclic) bond motifs is 1. The number of cyclic esters (lactones) is 1. The Balaban J connectivity index is 1.42. The number of nitrogens with zero attached hydrogens (tertiary/aromatic N) is 3. The molecule has 5 rings (SSSR count). The number of anilines is 2. The van der Waals surface area contributed by atoms with Gasteiger partial charge in [-0.25, -0.2) is 4.79 Å². The molecule has 0 spiro atoms. The van der Waals surface area contributed by atoms with Gasteiger partial charge in [0.05, 0.1) is 11.2 Å². The number of benzene rings is 2. The van der Waals surface area contributed by atoms with Crippen LogP contribution in [0.25, 0.3) is 10.9 Å². The van der Waals surface area contributed by atoms with Gasteiger partial charge < -0.3 is 10.1 Å². The third-order valence-corrected chi connectivity index (χ3v) is 5.75. The van der Waals surface area contributed by atoms with Gasteiger partial charge in [-0.3, -0.25) is 19.7 Å². The molecule has 0 bridgehead atoms. The van der Waals surface area contributed by atoms with E-state index < -0.39 is 11.7 Å². The maximum Gasteiger partial charge on any atom is 0.415 e. The van der Waals surface area contributed by atoms with E-state index in [1.807, 2.05) is 56.3 Å². The van der Waals surface area contributed by atoms with Gasteiger partial charge in [0, 0.05) is 35.2 Å². The minimum atomic E-state index is -0.739. The highest BCUT2D eigenvalue weighted by Crippen LogP contribution is 2.43. The van der Waals surface area contributed by atoms with Crippen LogP contribution < -0.4 is 10.2 Å². The summed E-state index contributed by atoms with van der Waals surface area (Å²) in [5.41, 5.74) is 2.62. The summed E-state index contributed by atoms with van der Waals surface area (Å²) in [6.07, 6.45) is 4.69. The van der Waals surface area contributed by atoms with E-state index in [9.17, 15) is 9.59 Å². The third-order valence-electron chi connectivity index (χ3n) is 5.75. The molecule has 164 valence electrons. The summed E-state index contributed by atoms with van der Waals surface area (Å²) in [5.74, 6) is -0.257. The van der Waals surface area contributed by atoms with E-state index in [4.69, 9.17) is 4.74 Å². The molecule has 33 heavy (non-hydrogen) atoms. The number of carbonyl (C=O) groups is 2. The summed E-state index contributed by atoms with van der Waals surface area (Å²) in [6, 6.07) is 19.8. The SMILES string of the molecule is CC1(C)OC(=O)N(c2ccc(C(=O)Nc3cccc4cccnc34)cc2)C1c1cccnc1. The largest absolute Gasteiger partial charge is 0.441 e. The van der Waals surface area contributed by atoms with Crippen molar-refractivity contribution in [1.29, 1.82) is 0 Å². The van der Waals surface area contributed by atoms with Crippen LogP contribution in [0.15, 0.2) is 85.3 Å². The molecule has 1 unspecified atom stereocenters. The summed E-state index contributed by atoms with van der Waals surface area (Å²) in [6.45, 7) is 3.76. The molecule has 1 fully saturated rings. The second kappa shape index (κ2) is 8.02. The highest BCUT2D eigenvalue weighted by Gasteiger charge is 2.49. The highest BCUT2D eigenvalue weighted by atomic mass is 16.6. The van der Waals surface area contributed by atoms with Crippen LogP contribution in [0, 0.1) is 0 Å². The fourth-order valence-corrected chi connectivity index (χ4v) is 4.26. The topological polar surface area (TPSA) is 84.4 Å². The minimum Gasteiger partial charge on any atom is -0.441 e. The molecular weight excluding hydrogens is 416 g/mol. The molecular formula is C26H22N4O3. The molecule has 1 saturated heterocycles. The van der Waals surface area contributed by atoms with E-state index in [1.54, 1.807) is 47.8 Å². The fraction of sp³-hybridized carbons (Fsp3) is 0.154.